The topological polar surface area (TPSA) is 68.8 Å². The summed E-state index contributed by atoms with van der Waals surface area (Å²) in [5.41, 5.74) is 0.278. The zero-order valence-electron chi connectivity index (χ0n) is 13.4. The van der Waals surface area contributed by atoms with Crippen LogP contribution in [0, 0.1) is 5.82 Å². The van der Waals surface area contributed by atoms with Gasteiger partial charge in [0.1, 0.15) is 5.82 Å². The van der Waals surface area contributed by atoms with Gasteiger partial charge < -0.3 is 14.0 Å². The van der Waals surface area contributed by atoms with Crippen LogP contribution in [-0.4, -0.2) is 41.7 Å². The van der Waals surface area contributed by atoms with E-state index in [1.54, 1.807) is 11.1 Å². The molecular formula is C16H14ClFN6O. The van der Waals surface area contributed by atoms with Gasteiger partial charge >= 0.3 is 0 Å². The fourth-order valence-corrected chi connectivity index (χ4v) is 3.16. The second-order valence-electron chi connectivity index (χ2n) is 5.80. The smallest absolute Gasteiger partial charge is 0.255 e. The molecule has 0 aliphatic carbocycles. The van der Waals surface area contributed by atoms with E-state index in [1.165, 1.54) is 12.1 Å². The van der Waals surface area contributed by atoms with Crippen molar-refractivity contribution in [2.75, 3.05) is 6.54 Å². The van der Waals surface area contributed by atoms with Gasteiger partial charge in [0.25, 0.3) is 5.91 Å². The molecule has 3 aromatic rings. The standard InChI is InChI=1S/C16H14ClFN6O/c1-22-5-4-19-14(22)15-21-20-13-9-23(6-7-24(13)15)16(25)11-3-2-10(18)8-12(11)17/h2-5,8H,6-7,9H2,1H3. The summed E-state index contributed by atoms with van der Waals surface area (Å²) < 4.78 is 17.0. The number of fused-ring (bicyclic) bond motifs is 1. The van der Waals surface area contributed by atoms with Gasteiger partial charge in [-0.1, -0.05) is 11.6 Å². The predicted molar refractivity (Wildman–Crippen MR) is 88.4 cm³/mol. The monoisotopic (exact) mass is 360 g/mol. The van der Waals surface area contributed by atoms with E-state index in [0.717, 1.165) is 11.9 Å². The molecule has 1 aromatic carbocycles. The Hall–Kier alpha value is -2.74. The number of halogens is 2. The molecule has 0 bridgehead atoms. The summed E-state index contributed by atoms with van der Waals surface area (Å²) in [6.45, 7) is 1.34. The van der Waals surface area contributed by atoms with Gasteiger partial charge in [0, 0.05) is 32.5 Å². The number of hydrogen-bond donors (Lipinski definition) is 0. The number of aromatic nitrogens is 5. The van der Waals surface area contributed by atoms with Crippen molar-refractivity contribution in [3.05, 3.63) is 52.8 Å². The first kappa shape index (κ1) is 15.8. The van der Waals surface area contributed by atoms with E-state index in [1.807, 2.05) is 22.4 Å². The Kier molecular flexibility index (Phi) is 3.76. The molecule has 1 aliphatic heterocycles. The van der Waals surface area contributed by atoms with E-state index in [2.05, 4.69) is 15.2 Å². The summed E-state index contributed by atoms with van der Waals surface area (Å²) >= 11 is 6.00. The molecule has 4 rings (SSSR count). The maximum Gasteiger partial charge on any atom is 0.255 e. The fourth-order valence-electron chi connectivity index (χ4n) is 2.91. The lowest BCUT2D eigenvalue weighted by Crippen LogP contribution is -2.38. The van der Waals surface area contributed by atoms with Crippen LogP contribution in [0.1, 0.15) is 16.2 Å². The zero-order valence-corrected chi connectivity index (χ0v) is 14.1. The molecule has 1 aliphatic rings. The van der Waals surface area contributed by atoms with Crippen LogP contribution in [0.5, 0.6) is 0 Å². The molecular weight excluding hydrogens is 347 g/mol. The number of nitrogens with zero attached hydrogens (tertiary/aromatic N) is 6. The average Bonchev–Trinajstić information content (AvgIpc) is 3.19. The van der Waals surface area contributed by atoms with Crippen molar-refractivity contribution in [1.82, 2.24) is 29.2 Å². The molecule has 0 radical (unpaired) electrons. The lowest BCUT2D eigenvalue weighted by Gasteiger charge is -2.28. The number of benzene rings is 1. The molecule has 128 valence electrons. The first-order chi connectivity index (χ1) is 12.0. The minimum atomic E-state index is -0.473. The van der Waals surface area contributed by atoms with Crippen molar-refractivity contribution in [1.29, 1.82) is 0 Å². The van der Waals surface area contributed by atoms with Crippen LogP contribution < -0.4 is 0 Å². The highest BCUT2D eigenvalue weighted by molar-refractivity contribution is 6.33. The highest BCUT2D eigenvalue weighted by Crippen LogP contribution is 2.24. The fraction of sp³-hybridized carbons (Fsp3) is 0.250. The highest BCUT2D eigenvalue weighted by atomic mass is 35.5. The number of rotatable bonds is 2. The first-order valence-electron chi connectivity index (χ1n) is 7.68. The Morgan fingerprint density at radius 1 is 1.24 bits per heavy atom. The lowest BCUT2D eigenvalue weighted by atomic mass is 10.2. The van der Waals surface area contributed by atoms with Gasteiger partial charge in [0.2, 0.25) is 0 Å². The molecule has 7 nitrogen and oxygen atoms in total. The maximum absolute atomic E-state index is 13.2. The SMILES string of the molecule is Cn1ccnc1-c1nnc2n1CCN(C(=O)c1ccc(F)cc1Cl)C2. The third-order valence-corrected chi connectivity index (χ3v) is 4.54. The Morgan fingerprint density at radius 2 is 2.08 bits per heavy atom. The highest BCUT2D eigenvalue weighted by Gasteiger charge is 2.27. The molecule has 1 amide bonds. The van der Waals surface area contributed by atoms with Crippen molar-refractivity contribution in [2.45, 2.75) is 13.1 Å². The molecule has 3 heterocycles. The van der Waals surface area contributed by atoms with Crippen LogP contribution in [0.3, 0.4) is 0 Å². The normalized spacial score (nSPS) is 13.8. The van der Waals surface area contributed by atoms with Crippen LogP contribution in [0.15, 0.2) is 30.6 Å². The number of carbonyl (C=O) groups excluding carboxylic acids is 1. The second kappa shape index (κ2) is 5.96. The summed E-state index contributed by atoms with van der Waals surface area (Å²) in [6, 6.07) is 3.77. The van der Waals surface area contributed by atoms with Crippen molar-refractivity contribution in [3.8, 4) is 11.6 Å². The van der Waals surface area contributed by atoms with Gasteiger partial charge in [0.15, 0.2) is 17.5 Å². The Labute approximate surface area is 147 Å². The van der Waals surface area contributed by atoms with E-state index >= 15 is 0 Å². The number of aryl methyl sites for hydroxylation is 1. The van der Waals surface area contributed by atoms with Crippen LogP contribution in [-0.2, 0) is 20.1 Å². The van der Waals surface area contributed by atoms with Crippen molar-refractivity contribution < 1.29 is 9.18 Å². The molecule has 0 atom stereocenters. The summed E-state index contributed by atoms with van der Waals surface area (Å²) in [4.78, 5) is 18.6. The van der Waals surface area contributed by atoms with Crippen molar-refractivity contribution in [3.63, 3.8) is 0 Å². The van der Waals surface area contributed by atoms with Gasteiger partial charge in [0.05, 0.1) is 17.1 Å². The maximum atomic E-state index is 13.2. The molecule has 0 fully saturated rings. The molecule has 0 unspecified atom stereocenters. The van der Waals surface area contributed by atoms with Crippen LogP contribution in [0.4, 0.5) is 4.39 Å². The quantitative estimate of drug-likeness (QED) is 0.702. The van der Waals surface area contributed by atoms with E-state index in [0.29, 0.717) is 31.3 Å². The largest absolute Gasteiger partial charge is 0.331 e. The van der Waals surface area contributed by atoms with Crippen LogP contribution in [0.25, 0.3) is 11.6 Å². The van der Waals surface area contributed by atoms with Crippen LogP contribution >= 0.6 is 11.6 Å². The minimum absolute atomic E-state index is 0.103. The molecule has 0 N–H and O–H groups in total. The van der Waals surface area contributed by atoms with E-state index in [-0.39, 0.29) is 16.5 Å². The molecule has 2 aromatic heterocycles. The number of hydrogen-bond acceptors (Lipinski definition) is 4. The summed E-state index contributed by atoms with van der Waals surface area (Å²) in [5, 5.41) is 8.50. The third kappa shape index (κ3) is 2.68. The number of carbonyl (C=O) groups is 1. The van der Waals surface area contributed by atoms with E-state index in [9.17, 15) is 9.18 Å². The van der Waals surface area contributed by atoms with Gasteiger partial charge in [-0.15, -0.1) is 10.2 Å². The average molecular weight is 361 g/mol. The summed E-state index contributed by atoms with van der Waals surface area (Å²) in [6.07, 6.45) is 3.54. The van der Waals surface area contributed by atoms with E-state index < -0.39 is 5.82 Å². The Balaban J connectivity index is 1.61. The van der Waals surface area contributed by atoms with Gasteiger partial charge in [-0.3, -0.25) is 4.79 Å². The van der Waals surface area contributed by atoms with Crippen molar-refractivity contribution in [2.24, 2.45) is 7.05 Å². The third-order valence-electron chi connectivity index (χ3n) is 4.22. The van der Waals surface area contributed by atoms with Crippen molar-refractivity contribution >= 4 is 17.5 Å². The zero-order chi connectivity index (χ0) is 17.6. The molecule has 0 saturated heterocycles. The molecule has 9 heteroatoms. The molecule has 0 spiro atoms. The summed E-state index contributed by atoms with van der Waals surface area (Å²) in [7, 11) is 1.89. The van der Waals surface area contributed by atoms with Gasteiger partial charge in [-0.2, -0.15) is 0 Å². The second-order valence-corrected chi connectivity index (χ2v) is 6.21. The first-order valence-corrected chi connectivity index (χ1v) is 8.06. The summed E-state index contributed by atoms with van der Waals surface area (Å²) in [5.74, 6) is 1.35. The number of amides is 1. The Morgan fingerprint density at radius 3 is 2.80 bits per heavy atom. The molecule has 25 heavy (non-hydrogen) atoms. The lowest BCUT2D eigenvalue weighted by molar-refractivity contribution is 0.0708. The number of imidazole rings is 1. The Bertz CT molecular complexity index is 965. The van der Waals surface area contributed by atoms with Gasteiger partial charge in [-0.05, 0) is 18.2 Å². The van der Waals surface area contributed by atoms with E-state index in [4.69, 9.17) is 11.6 Å². The van der Waals surface area contributed by atoms with Crippen LogP contribution in [0.2, 0.25) is 5.02 Å². The van der Waals surface area contributed by atoms with Gasteiger partial charge in [-0.25, -0.2) is 9.37 Å². The predicted octanol–water partition coefficient (Wildman–Crippen LogP) is 2.13. The molecule has 0 saturated carbocycles. The minimum Gasteiger partial charge on any atom is -0.331 e.